The Morgan fingerprint density at radius 3 is 2.63 bits per heavy atom. The largest absolute Gasteiger partial charge is 0.489 e. The monoisotopic (exact) mass is 255 g/mol. The number of hydrogen-bond donors (Lipinski definition) is 1. The lowest BCUT2D eigenvalue weighted by atomic mass is 10.2. The smallest absolute Gasteiger partial charge is 0.251 e. The normalized spacial score (nSPS) is 9.95. The van der Waals surface area contributed by atoms with Gasteiger partial charge in [0.15, 0.2) is 0 Å². The fourth-order valence-electron chi connectivity index (χ4n) is 1.73. The van der Waals surface area contributed by atoms with Crippen molar-refractivity contribution in [3.05, 3.63) is 65.7 Å². The lowest BCUT2D eigenvalue weighted by Gasteiger charge is -2.08. The summed E-state index contributed by atoms with van der Waals surface area (Å²) in [7, 11) is 0. The van der Waals surface area contributed by atoms with Crippen LogP contribution in [0.1, 0.15) is 22.8 Å². The van der Waals surface area contributed by atoms with Gasteiger partial charge in [-0.2, -0.15) is 0 Å². The zero-order valence-electron chi connectivity index (χ0n) is 10.9. The molecule has 2 rings (SSSR count). The van der Waals surface area contributed by atoms with Crippen LogP contribution in [0.2, 0.25) is 0 Å². The van der Waals surface area contributed by atoms with E-state index in [1.165, 1.54) is 0 Å². The second-order valence-corrected chi connectivity index (χ2v) is 4.16. The van der Waals surface area contributed by atoms with Crippen LogP contribution in [-0.4, -0.2) is 12.5 Å². The van der Waals surface area contributed by atoms with Crippen LogP contribution in [0.25, 0.3) is 0 Å². The number of rotatable bonds is 5. The topological polar surface area (TPSA) is 38.3 Å². The van der Waals surface area contributed by atoms with Crippen molar-refractivity contribution in [3.8, 4) is 5.75 Å². The molecule has 0 saturated heterocycles. The highest BCUT2D eigenvalue weighted by atomic mass is 16.5. The molecule has 0 heterocycles. The van der Waals surface area contributed by atoms with Crippen LogP contribution in [0, 0.1) is 0 Å². The first-order chi connectivity index (χ1) is 9.29. The van der Waals surface area contributed by atoms with E-state index in [9.17, 15) is 4.79 Å². The summed E-state index contributed by atoms with van der Waals surface area (Å²) in [6.45, 7) is 3.02. The van der Waals surface area contributed by atoms with Gasteiger partial charge in [-0.3, -0.25) is 4.79 Å². The van der Waals surface area contributed by atoms with Crippen LogP contribution in [0.15, 0.2) is 54.6 Å². The second kappa shape index (κ2) is 6.59. The first kappa shape index (κ1) is 13.1. The van der Waals surface area contributed by atoms with E-state index in [2.05, 4.69) is 5.32 Å². The molecule has 0 aromatic heterocycles. The molecule has 3 heteroatoms. The molecule has 0 saturated carbocycles. The Balaban J connectivity index is 2.01. The fourth-order valence-corrected chi connectivity index (χ4v) is 1.73. The zero-order valence-corrected chi connectivity index (χ0v) is 10.9. The van der Waals surface area contributed by atoms with Gasteiger partial charge >= 0.3 is 0 Å². The maximum absolute atomic E-state index is 11.7. The molecule has 0 spiro atoms. The third-order valence-electron chi connectivity index (χ3n) is 2.68. The van der Waals surface area contributed by atoms with Crippen LogP contribution in [0.5, 0.6) is 5.75 Å². The molecule has 3 nitrogen and oxygen atoms in total. The maximum Gasteiger partial charge on any atom is 0.251 e. The van der Waals surface area contributed by atoms with Gasteiger partial charge in [0, 0.05) is 12.1 Å². The first-order valence-corrected chi connectivity index (χ1v) is 6.34. The average molecular weight is 255 g/mol. The summed E-state index contributed by atoms with van der Waals surface area (Å²) < 4.78 is 5.68. The van der Waals surface area contributed by atoms with E-state index >= 15 is 0 Å². The molecular weight excluding hydrogens is 238 g/mol. The lowest BCUT2D eigenvalue weighted by molar-refractivity contribution is 0.0955. The van der Waals surface area contributed by atoms with Crippen LogP contribution < -0.4 is 10.1 Å². The number of amides is 1. The molecule has 0 radical (unpaired) electrons. The van der Waals surface area contributed by atoms with E-state index in [0.717, 1.165) is 5.56 Å². The third-order valence-corrected chi connectivity index (χ3v) is 2.68. The van der Waals surface area contributed by atoms with E-state index in [1.807, 2.05) is 49.4 Å². The minimum atomic E-state index is -0.0762. The Morgan fingerprint density at radius 2 is 1.89 bits per heavy atom. The minimum absolute atomic E-state index is 0.0762. The Morgan fingerprint density at radius 1 is 1.11 bits per heavy atom. The number of carbonyl (C=O) groups excluding carboxylic acids is 1. The molecule has 1 N–H and O–H groups in total. The molecule has 2 aromatic rings. The van der Waals surface area contributed by atoms with Gasteiger partial charge in [0.05, 0.1) is 0 Å². The maximum atomic E-state index is 11.7. The fraction of sp³-hybridized carbons (Fsp3) is 0.188. The van der Waals surface area contributed by atoms with Gasteiger partial charge in [0.25, 0.3) is 5.91 Å². The van der Waals surface area contributed by atoms with Crippen LogP contribution in [-0.2, 0) is 6.61 Å². The molecule has 0 aliphatic heterocycles. The molecule has 0 fully saturated rings. The highest BCUT2D eigenvalue weighted by Gasteiger charge is 2.05. The van der Waals surface area contributed by atoms with Crippen LogP contribution in [0.4, 0.5) is 0 Å². The summed E-state index contributed by atoms with van der Waals surface area (Å²) in [5.41, 5.74) is 1.72. The minimum Gasteiger partial charge on any atom is -0.489 e. The second-order valence-electron chi connectivity index (χ2n) is 4.16. The standard InChI is InChI=1S/C16H17NO2/c1-2-17-16(18)14-9-6-10-15(11-14)19-12-13-7-4-3-5-8-13/h3-11H,2,12H2,1H3,(H,17,18). The third kappa shape index (κ3) is 3.85. The predicted octanol–water partition coefficient (Wildman–Crippen LogP) is 3.02. The van der Waals surface area contributed by atoms with Crippen molar-refractivity contribution in [3.63, 3.8) is 0 Å². The van der Waals surface area contributed by atoms with Crippen LogP contribution >= 0.6 is 0 Å². The van der Waals surface area contributed by atoms with E-state index in [4.69, 9.17) is 4.74 Å². The van der Waals surface area contributed by atoms with Gasteiger partial charge in [0.2, 0.25) is 0 Å². The van der Waals surface area contributed by atoms with Crippen molar-refractivity contribution in [1.82, 2.24) is 5.32 Å². The van der Waals surface area contributed by atoms with Crippen molar-refractivity contribution < 1.29 is 9.53 Å². The number of hydrogen-bond acceptors (Lipinski definition) is 2. The average Bonchev–Trinajstić information content (AvgIpc) is 2.47. The van der Waals surface area contributed by atoms with Gasteiger partial charge in [-0.05, 0) is 30.7 Å². The van der Waals surface area contributed by atoms with Gasteiger partial charge in [-0.1, -0.05) is 36.4 Å². The molecule has 0 aliphatic carbocycles. The van der Waals surface area contributed by atoms with Crippen LogP contribution in [0.3, 0.4) is 0 Å². The van der Waals surface area contributed by atoms with Gasteiger partial charge in [0.1, 0.15) is 12.4 Å². The van der Waals surface area contributed by atoms with Crippen molar-refractivity contribution in [1.29, 1.82) is 0 Å². The van der Waals surface area contributed by atoms with Crippen molar-refractivity contribution >= 4 is 5.91 Å². The molecule has 98 valence electrons. The molecule has 0 atom stereocenters. The zero-order chi connectivity index (χ0) is 13.5. The van der Waals surface area contributed by atoms with Crippen molar-refractivity contribution in [2.75, 3.05) is 6.54 Å². The number of carbonyl (C=O) groups is 1. The van der Waals surface area contributed by atoms with Gasteiger partial charge < -0.3 is 10.1 Å². The SMILES string of the molecule is CCNC(=O)c1cccc(OCc2ccccc2)c1. The molecule has 0 aliphatic rings. The quantitative estimate of drug-likeness (QED) is 0.892. The Kier molecular flexibility index (Phi) is 4.56. The lowest BCUT2D eigenvalue weighted by Crippen LogP contribution is -2.22. The summed E-state index contributed by atoms with van der Waals surface area (Å²) in [4.78, 5) is 11.7. The molecule has 19 heavy (non-hydrogen) atoms. The summed E-state index contributed by atoms with van der Waals surface area (Å²) in [6, 6.07) is 17.2. The Labute approximate surface area is 113 Å². The first-order valence-electron chi connectivity index (χ1n) is 6.34. The number of ether oxygens (including phenoxy) is 1. The van der Waals surface area contributed by atoms with E-state index in [0.29, 0.717) is 24.5 Å². The summed E-state index contributed by atoms with van der Waals surface area (Å²) in [5.74, 6) is 0.625. The summed E-state index contributed by atoms with van der Waals surface area (Å²) in [6.07, 6.45) is 0. The molecule has 0 unspecified atom stereocenters. The predicted molar refractivity (Wildman–Crippen MR) is 75.2 cm³/mol. The molecule has 1 amide bonds. The Hall–Kier alpha value is -2.29. The molecule has 0 bridgehead atoms. The van der Waals surface area contributed by atoms with Crippen molar-refractivity contribution in [2.45, 2.75) is 13.5 Å². The van der Waals surface area contributed by atoms with E-state index in [-0.39, 0.29) is 5.91 Å². The van der Waals surface area contributed by atoms with Gasteiger partial charge in [-0.15, -0.1) is 0 Å². The highest BCUT2D eigenvalue weighted by molar-refractivity contribution is 5.94. The molecular formula is C16H17NO2. The number of benzene rings is 2. The van der Waals surface area contributed by atoms with E-state index in [1.54, 1.807) is 12.1 Å². The molecule has 2 aromatic carbocycles. The Bertz CT molecular complexity index is 537. The van der Waals surface area contributed by atoms with Crippen molar-refractivity contribution in [2.24, 2.45) is 0 Å². The van der Waals surface area contributed by atoms with Gasteiger partial charge in [-0.25, -0.2) is 0 Å². The summed E-state index contributed by atoms with van der Waals surface area (Å²) >= 11 is 0. The summed E-state index contributed by atoms with van der Waals surface area (Å²) in [5, 5.41) is 2.77. The number of nitrogens with one attached hydrogen (secondary N) is 1. The highest BCUT2D eigenvalue weighted by Crippen LogP contribution is 2.15. The van der Waals surface area contributed by atoms with E-state index < -0.39 is 0 Å².